The first kappa shape index (κ1) is 21.1. The number of carbonyl (C=O) groups excluding carboxylic acids is 2. The van der Waals surface area contributed by atoms with E-state index in [9.17, 15) is 9.59 Å². The average Bonchev–Trinajstić information content (AvgIpc) is 2.62. The Morgan fingerprint density at radius 3 is 2.52 bits per heavy atom. The normalized spacial score (nSPS) is 10.5. The van der Waals surface area contributed by atoms with Gasteiger partial charge in [-0.15, -0.1) is 0 Å². The number of pyridine rings is 1. The highest BCUT2D eigenvalue weighted by Gasteiger charge is 2.11. The van der Waals surface area contributed by atoms with Gasteiger partial charge in [-0.05, 0) is 59.4 Å². The second kappa shape index (κ2) is 10.9. The predicted octanol–water partition coefficient (Wildman–Crippen LogP) is 2.56. The summed E-state index contributed by atoms with van der Waals surface area (Å²) < 4.78 is 6.32. The van der Waals surface area contributed by atoms with Crippen LogP contribution >= 0.6 is 27.5 Å². The summed E-state index contributed by atoms with van der Waals surface area (Å²) in [5.41, 5.74) is 0. The summed E-state index contributed by atoms with van der Waals surface area (Å²) in [6, 6.07) is 10.5. The minimum atomic E-state index is -0.244. The van der Waals surface area contributed by atoms with Gasteiger partial charge in [0.15, 0.2) is 0 Å². The Morgan fingerprint density at radius 2 is 1.85 bits per heavy atom. The molecule has 0 saturated heterocycles. The van der Waals surface area contributed by atoms with E-state index in [1.165, 1.54) is 0 Å². The molecule has 0 aliphatic carbocycles. The highest BCUT2D eigenvalue weighted by atomic mass is 79.9. The third-order valence-corrected chi connectivity index (χ3v) is 4.05. The number of hydrogen-bond donors (Lipinski definition) is 2. The van der Waals surface area contributed by atoms with Crippen LogP contribution in [0.15, 0.2) is 47.1 Å². The summed E-state index contributed by atoms with van der Waals surface area (Å²) in [5, 5.41) is 6.06. The van der Waals surface area contributed by atoms with Crippen LogP contribution < -0.4 is 15.4 Å². The van der Waals surface area contributed by atoms with Gasteiger partial charge in [0.05, 0.1) is 19.6 Å². The standard InChI is InChI=1S/C18H20BrClN4O3/c1-24(12-18(26)23-16-7-2-13(19)10-22-16)11-17(25)21-8-9-27-15-5-3-14(20)4-6-15/h2-7,10H,8-9,11-12H2,1H3,(H,21,25)(H,22,23,26). The molecule has 7 nitrogen and oxygen atoms in total. The molecule has 0 atom stereocenters. The van der Waals surface area contributed by atoms with Crippen LogP contribution in [0.4, 0.5) is 5.82 Å². The molecule has 1 heterocycles. The first-order valence-electron chi connectivity index (χ1n) is 8.17. The van der Waals surface area contributed by atoms with Gasteiger partial charge in [-0.25, -0.2) is 4.98 Å². The lowest BCUT2D eigenvalue weighted by atomic mass is 10.3. The maximum Gasteiger partial charge on any atom is 0.239 e. The van der Waals surface area contributed by atoms with E-state index in [0.717, 1.165) is 4.47 Å². The van der Waals surface area contributed by atoms with Crippen LogP contribution in [0.1, 0.15) is 0 Å². The minimum Gasteiger partial charge on any atom is -0.492 e. The number of ether oxygens (including phenoxy) is 1. The Hall–Kier alpha value is -2.16. The first-order chi connectivity index (χ1) is 12.9. The van der Waals surface area contributed by atoms with Gasteiger partial charge >= 0.3 is 0 Å². The molecule has 0 unspecified atom stereocenters. The van der Waals surface area contributed by atoms with E-state index in [1.54, 1.807) is 54.5 Å². The summed E-state index contributed by atoms with van der Waals surface area (Å²) in [5.74, 6) is 0.711. The van der Waals surface area contributed by atoms with Crippen LogP contribution in [0, 0.1) is 0 Å². The van der Waals surface area contributed by atoms with Crippen molar-refractivity contribution < 1.29 is 14.3 Å². The fourth-order valence-corrected chi connectivity index (χ4v) is 2.48. The van der Waals surface area contributed by atoms with E-state index < -0.39 is 0 Å². The number of anilines is 1. The molecule has 0 fully saturated rings. The maximum absolute atomic E-state index is 12.0. The van der Waals surface area contributed by atoms with Gasteiger partial charge in [-0.3, -0.25) is 14.5 Å². The molecule has 0 bridgehead atoms. The zero-order valence-corrected chi connectivity index (χ0v) is 17.1. The number of nitrogens with zero attached hydrogens (tertiary/aromatic N) is 2. The second-order valence-corrected chi connectivity index (χ2v) is 7.09. The number of halogens is 2. The summed E-state index contributed by atoms with van der Waals surface area (Å²) in [6.45, 7) is 0.881. The van der Waals surface area contributed by atoms with Crippen molar-refractivity contribution in [2.24, 2.45) is 0 Å². The van der Waals surface area contributed by atoms with Gasteiger partial charge in [0.25, 0.3) is 0 Å². The van der Waals surface area contributed by atoms with Gasteiger partial charge in [-0.1, -0.05) is 11.6 Å². The smallest absolute Gasteiger partial charge is 0.239 e. The topological polar surface area (TPSA) is 83.6 Å². The van der Waals surface area contributed by atoms with Crippen molar-refractivity contribution in [3.8, 4) is 5.75 Å². The van der Waals surface area contributed by atoms with E-state index in [2.05, 4.69) is 31.5 Å². The van der Waals surface area contributed by atoms with Gasteiger partial charge < -0.3 is 15.4 Å². The molecule has 27 heavy (non-hydrogen) atoms. The molecular weight excluding hydrogens is 436 g/mol. The van der Waals surface area contributed by atoms with Gasteiger partial charge in [0.2, 0.25) is 11.8 Å². The highest BCUT2D eigenvalue weighted by Crippen LogP contribution is 2.15. The van der Waals surface area contributed by atoms with Crippen molar-refractivity contribution in [1.82, 2.24) is 15.2 Å². The van der Waals surface area contributed by atoms with E-state index in [-0.39, 0.29) is 24.9 Å². The van der Waals surface area contributed by atoms with Crippen molar-refractivity contribution in [3.05, 3.63) is 52.1 Å². The van der Waals surface area contributed by atoms with Crippen LogP contribution in [0.2, 0.25) is 5.02 Å². The maximum atomic E-state index is 12.0. The van der Waals surface area contributed by atoms with Crippen LogP contribution in [0.5, 0.6) is 5.75 Å². The van der Waals surface area contributed by atoms with Crippen molar-refractivity contribution in [1.29, 1.82) is 0 Å². The monoisotopic (exact) mass is 454 g/mol. The molecule has 144 valence electrons. The van der Waals surface area contributed by atoms with Crippen LogP contribution in [-0.2, 0) is 9.59 Å². The van der Waals surface area contributed by atoms with Crippen molar-refractivity contribution in [2.75, 3.05) is 38.6 Å². The lowest BCUT2D eigenvalue weighted by Crippen LogP contribution is -2.40. The van der Waals surface area contributed by atoms with Crippen molar-refractivity contribution in [3.63, 3.8) is 0 Å². The number of amides is 2. The summed E-state index contributed by atoms with van der Waals surface area (Å²) >= 11 is 9.08. The zero-order valence-electron chi connectivity index (χ0n) is 14.7. The third-order valence-electron chi connectivity index (χ3n) is 3.33. The predicted molar refractivity (Wildman–Crippen MR) is 108 cm³/mol. The second-order valence-electron chi connectivity index (χ2n) is 5.73. The Labute approximate surface area is 171 Å². The molecule has 2 rings (SSSR count). The number of benzene rings is 1. The Balaban J connectivity index is 1.62. The fraction of sp³-hybridized carbons (Fsp3) is 0.278. The van der Waals surface area contributed by atoms with Crippen LogP contribution in [0.3, 0.4) is 0 Å². The molecule has 0 radical (unpaired) electrons. The Morgan fingerprint density at radius 1 is 1.15 bits per heavy atom. The Kier molecular flexibility index (Phi) is 8.50. The van der Waals surface area contributed by atoms with Crippen LogP contribution in [0.25, 0.3) is 0 Å². The Bertz CT molecular complexity index is 756. The van der Waals surface area contributed by atoms with E-state index in [1.807, 2.05) is 0 Å². The molecule has 0 spiro atoms. The SMILES string of the molecule is CN(CC(=O)NCCOc1ccc(Cl)cc1)CC(=O)Nc1ccc(Br)cn1. The van der Waals surface area contributed by atoms with E-state index in [4.69, 9.17) is 16.3 Å². The third kappa shape index (κ3) is 8.38. The highest BCUT2D eigenvalue weighted by molar-refractivity contribution is 9.10. The van der Waals surface area contributed by atoms with Crippen LogP contribution in [-0.4, -0.2) is 55.0 Å². The molecule has 0 saturated carbocycles. The number of rotatable bonds is 9. The van der Waals surface area contributed by atoms with Crippen molar-refractivity contribution >= 4 is 45.2 Å². The lowest BCUT2D eigenvalue weighted by Gasteiger charge is -2.16. The average molecular weight is 456 g/mol. The first-order valence-corrected chi connectivity index (χ1v) is 9.34. The molecule has 0 aliphatic rings. The van der Waals surface area contributed by atoms with Gasteiger partial charge in [-0.2, -0.15) is 0 Å². The zero-order chi connectivity index (χ0) is 19.6. The lowest BCUT2D eigenvalue weighted by molar-refractivity contribution is -0.123. The molecule has 2 aromatic rings. The number of nitrogens with one attached hydrogen (secondary N) is 2. The number of hydrogen-bond acceptors (Lipinski definition) is 5. The summed E-state index contributed by atoms with van der Waals surface area (Å²) in [4.78, 5) is 29.6. The molecule has 0 aliphatic heterocycles. The van der Waals surface area contributed by atoms with Gasteiger partial charge in [0, 0.05) is 15.7 Å². The molecule has 1 aromatic heterocycles. The minimum absolute atomic E-state index is 0.0758. The quantitative estimate of drug-likeness (QED) is 0.568. The molecule has 2 amide bonds. The van der Waals surface area contributed by atoms with Crippen molar-refractivity contribution in [2.45, 2.75) is 0 Å². The molecular formula is C18H20BrClN4O3. The number of likely N-dealkylation sites (N-methyl/N-ethyl adjacent to an activating group) is 1. The van der Waals surface area contributed by atoms with E-state index >= 15 is 0 Å². The molecule has 1 aromatic carbocycles. The molecule has 2 N–H and O–H groups in total. The number of aromatic nitrogens is 1. The molecule has 9 heteroatoms. The van der Waals surface area contributed by atoms with Gasteiger partial charge in [0.1, 0.15) is 18.2 Å². The largest absolute Gasteiger partial charge is 0.492 e. The van der Waals surface area contributed by atoms with E-state index in [0.29, 0.717) is 29.7 Å². The summed E-state index contributed by atoms with van der Waals surface area (Å²) in [6.07, 6.45) is 1.60. The number of carbonyl (C=O) groups is 2. The summed E-state index contributed by atoms with van der Waals surface area (Å²) in [7, 11) is 1.69. The fourth-order valence-electron chi connectivity index (χ4n) is 2.12.